The average Bonchev–Trinajstić information content (AvgIpc) is 3.10. The van der Waals surface area contributed by atoms with E-state index in [1.165, 1.54) is 12.1 Å². The van der Waals surface area contributed by atoms with Crippen LogP contribution in [-0.2, 0) is 13.3 Å². The molecule has 2 aromatic carbocycles. The summed E-state index contributed by atoms with van der Waals surface area (Å²) in [6, 6.07) is 11.6. The molecule has 0 bridgehead atoms. The Morgan fingerprint density at radius 1 is 1.15 bits per heavy atom. The number of nitrogens with zero attached hydrogens (tertiary/aromatic N) is 6. The van der Waals surface area contributed by atoms with E-state index in [4.69, 9.17) is 33.7 Å². The van der Waals surface area contributed by atoms with Gasteiger partial charge in [0.05, 0.1) is 12.9 Å². The summed E-state index contributed by atoms with van der Waals surface area (Å²) < 4.78 is 23.0. The van der Waals surface area contributed by atoms with E-state index < -0.39 is 0 Å². The highest BCUT2D eigenvalue weighted by atomic mass is 35.5. The van der Waals surface area contributed by atoms with Gasteiger partial charge in [-0.3, -0.25) is 4.90 Å². The van der Waals surface area contributed by atoms with Crippen molar-refractivity contribution in [1.82, 2.24) is 24.3 Å². The number of benzene rings is 2. The number of halogens is 2. The summed E-state index contributed by atoms with van der Waals surface area (Å²) in [6.07, 6.45) is 1.63. The first kappa shape index (κ1) is 23.6. The van der Waals surface area contributed by atoms with E-state index >= 15 is 0 Å². The van der Waals surface area contributed by atoms with E-state index in [9.17, 15) is 4.39 Å². The fourth-order valence-corrected chi connectivity index (χ4v) is 3.82. The molecule has 1 fully saturated rings. The highest BCUT2D eigenvalue weighted by molar-refractivity contribution is 7.71. The molecule has 7 nitrogen and oxygen atoms in total. The number of piperazine rings is 1. The van der Waals surface area contributed by atoms with E-state index in [2.05, 4.69) is 21.9 Å². The summed E-state index contributed by atoms with van der Waals surface area (Å²) in [4.78, 5) is 4.61. The normalized spacial score (nSPS) is 15.4. The maximum atomic E-state index is 13.2. The number of rotatable bonds is 7. The maximum Gasteiger partial charge on any atom is 0.220 e. The standard InChI is InChI=1S/C23H26ClFN6OS/c1-17-13-20(7-8-21(17)24)32-15-22-27-30(16-29-11-9-28(2)10-12-29)23(33)31(22)26-14-18-3-5-19(25)6-4-18/h3-8,13-14H,9-12,15-16H2,1-2H3/b26-14+. The lowest BCUT2D eigenvalue weighted by atomic mass is 10.2. The Bertz CT molecular complexity index is 1180. The summed E-state index contributed by atoms with van der Waals surface area (Å²) in [7, 11) is 2.12. The molecular formula is C23H26ClFN6OS. The van der Waals surface area contributed by atoms with Crippen LogP contribution in [-0.4, -0.2) is 63.7 Å². The lowest BCUT2D eigenvalue weighted by Crippen LogP contribution is -2.45. The van der Waals surface area contributed by atoms with Gasteiger partial charge in [0.15, 0.2) is 5.82 Å². The van der Waals surface area contributed by atoms with Crippen LogP contribution in [0.5, 0.6) is 5.75 Å². The van der Waals surface area contributed by atoms with Crippen LogP contribution in [0.1, 0.15) is 17.0 Å². The molecule has 3 aromatic rings. The summed E-state index contributed by atoms with van der Waals surface area (Å²) in [6.45, 7) is 6.58. The van der Waals surface area contributed by atoms with Gasteiger partial charge >= 0.3 is 0 Å². The zero-order valence-corrected chi connectivity index (χ0v) is 20.2. The average molecular weight is 489 g/mol. The van der Waals surface area contributed by atoms with Crippen LogP contribution < -0.4 is 4.74 Å². The van der Waals surface area contributed by atoms with Gasteiger partial charge in [0.2, 0.25) is 4.77 Å². The molecule has 0 aliphatic carbocycles. The van der Waals surface area contributed by atoms with Crippen molar-refractivity contribution in [2.45, 2.75) is 20.2 Å². The van der Waals surface area contributed by atoms with Crippen LogP contribution >= 0.6 is 23.8 Å². The molecular weight excluding hydrogens is 463 g/mol. The first-order chi connectivity index (χ1) is 15.9. The third-order valence-corrected chi connectivity index (χ3v) is 6.31. The Balaban J connectivity index is 1.58. The quantitative estimate of drug-likeness (QED) is 0.369. The molecule has 2 heterocycles. The highest BCUT2D eigenvalue weighted by Gasteiger charge is 2.17. The molecule has 0 unspecified atom stereocenters. The number of hydrogen-bond donors (Lipinski definition) is 0. The molecule has 1 aromatic heterocycles. The van der Waals surface area contributed by atoms with Crippen molar-refractivity contribution in [2.75, 3.05) is 33.2 Å². The number of aromatic nitrogens is 3. The summed E-state index contributed by atoms with van der Waals surface area (Å²) >= 11 is 11.8. The van der Waals surface area contributed by atoms with Gasteiger partial charge in [0, 0.05) is 31.2 Å². The monoisotopic (exact) mass is 488 g/mol. The predicted molar refractivity (Wildman–Crippen MR) is 130 cm³/mol. The number of ether oxygens (including phenoxy) is 1. The van der Waals surface area contributed by atoms with Crippen LogP contribution in [0.15, 0.2) is 47.6 Å². The maximum absolute atomic E-state index is 13.2. The molecule has 33 heavy (non-hydrogen) atoms. The Hall–Kier alpha value is -2.59. The summed E-state index contributed by atoms with van der Waals surface area (Å²) in [5.41, 5.74) is 1.69. The first-order valence-corrected chi connectivity index (χ1v) is 11.5. The predicted octanol–water partition coefficient (Wildman–Crippen LogP) is 4.18. The minimum absolute atomic E-state index is 0.182. The number of aryl methyl sites for hydroxylation is 1. The van der Waals surface area contributed by atoms with Gasteiger partial charge < -0.3 is 9.64 Å². The first-order valence-electron chi connectivity index (χ1n) is 10.7. The Kier molecular flexibility index (Phi) is 7.54. The van der Waals surface area contributed by atoms with Gasteiger partial charge in [-0.25, -0.2) is 9.07 Å². The van der Waals surface area contributed by atoms with Crippen molar-refractivity contribution in [3.8, 4) is 5.75 Å². The molecule has 0 N–H and O–H groups in total. The van der Waals surface area contributed by atoms with E-state index in [-0.39, 0.29) is 12.4 Å². The second-order valence-electron chi connectivity index (χ2n) is 8.07. The van der Waals surface area contributed by atoms with E-state index in [1.54, 1.807) is 33.8 Å². The van der Waals surface area contributed by atoms with Gasteiger partial charge in [-0.15, -0.1) is 5.10 Å². The molecule has 4 rings (SSSR count). The summed E-state index contributed by atoms with van der Waals surface area (Å²) in [5, 5.41) is 9.91. The van der Waals surface area contributed by atoms with Crippen molar-refractivity contribution >= 4 is 30.0 Å². The molecule has 0 radical (unpaired) electrons. The largest absolute Gasteiger partial charge is 0.486 e. The lowest BCUT2D eigenvalue weighted by Gasteiger charge is -2.31. The van der Waals surface area contributed by atoms with E-state index in [0.29, 0.717) is 28.0 Å². The molecule has 0 spiro atoms. The number of likely N-dealkylation sites (N-methyl/N-ethyl adjacent to an activating group) is 1. The highest BCUT2D eigenvalue weighted by Crippen LogP contribution is 2.22. The molecule has 1 aliphatic rings. The van der Waals surface area contributed by atoms with Crippen LogP contribution in [0.2, 0.25) is 5.02 Å². The van der Waals surface area contributed by atoms with Gasteiger partial charge in [-0.05, 0) is 67.6 Å². The Morgan fingerprint density at radius 2 is 1.88 bits per heavy atom. The zero-order valence-electron chi connectivity index (χ0n) is 18.6. The van der Waals surface area contributed by atoms with Crippen LogP contribution in [0.25, 0.3) is 0 Å². The molecule has 0 saturated carbocycles. The topological polar surface area (TPSA) is 50.8 Å². The second kappa shape index (κ2) is 10.6. The minimum Gasteiger partial charge on any atom is -0.486 e. The molecule has 10 heteroatoms. The van der Waals surface area contributed by atoms with Crippen molar-refractivity contribution < 1.29 is 9.13 Å². The van der Waals surface area contributed by atoms with Crippen LogP contribution in [0.3, 0.4) is 0 Å². The number of hydrogen-bond acceptors (Lipinski definition) is 6. The van der Waals surface area contributed by atoms with Gasteiger partial charge in [0.25, 0.3) is 0 Å². The third kappa shape index (κ3) is 6.05. The Labute approximate surface area is 202 Å². The van der Waals surface area contributed by atoms with Crippen molar-refractivity contribution in [2.24, 2.45) is 5.10 Å². The Morgan fingerprint density at radius 3 is 2.58 bits per heavy atom. The van der Waals surface area contributed by atoms with Gasteiger partial charge in [-0.1, -0.05) is 23.7 Å². The smallest absolute Gasteiger partial charge is 0.220 e. The van der Waals surface area contributed by atoms with Crippen LogP contribution in [0, 0.1) is 17.5 Å². The van der Waals surface area contributed by atoms with Crippen molar-refractivity contribution in [3.63, 3.8) is 0 Å². The van der Waals surface area contributed by atoms with E-state index in [0.717, 1.165) is 37.3 Å². The fourth-order valence-electron chi connectivity index (χ4n) is 3.45. The minimum atomic E-state index is -0.295. The molecule has 0 amide bonds. The lowest BCUT2D eigenvalue weighted by molar-refractivity contribution is 0.118. The third-order valence-electron chi connectivity index (χ3n) is 5.50. The van der Waals surface area contributed by atoms with Gasteiger partial charge in [0.1, 0.15) is 18.2 Å². The zero-order chi connectivity index (χ0) is 23.4. The molecule has 1 aliphatic heterocycles. The van der Waals surface area contributed by atoms with E-state index in [1.807, 2.05) is 19.1 Å². The van der Waals surface area contributed by atoms with Crippen molar-refractivity contribution in [1.29, 1.82) is 0 Å². The second-order valence-corrected chi connectivity index (χ2v) is 8.84. The molecule has 174 valence electrons. The molecule has 0 atom stereocenters. The summed E-state index contributed by atoms with van der Waals surface area (Å²) in [5.74, 6) is 0.960. The van der Waals surface area contributed by atoms with Crippen molar-refractivity contribution in [3.05, 3.63) is 75.0 Å². The molecule has 1 saturated heterocycles. The van der Waals surface area contributed by atoms with Crippen LogP contribution in [0.4, 0.5) is 4.39 Å². The SMILES string of the molecule is Cc1cc(OCc2nn(CN3CCN(C)CC3)c(=S)n2/N=C/c2ccc(F)cc2)ccc1Cl. The fraction of sp³-hybridized carbons (Fsp3) is 0.348. The van der Waals surface area contributed by atoms with Gasteiger partial charge in [-0.2, -0.15) is 9.78 Å².